The minimum absolute atomic E-state index is 0.212. The predicted octanol–water partition coefficient (Wildman–Crippen LogP) is 1.59. The van der Waals surface area contributed by atoms with Gasteiger partial charge in [-0.3, -0.25) is 0 Å². The Hall–Kier alpha value is -0.630. The van der Waals surface area contributed by atoms with Crippen molar-refractivity contribution in [2.24, 2.45) is 11.7 Å². The van der Waals surface area contributed by atoms with Crippen LogP contribution in [0.4, 0.5) is 0 Å². The third-order valence-electron chi connectivity index (χ3n) is 3.98. The van der Waals surface area contributed by atoms with Gasteiger partial charge in [-0.15, -0.1) is 0 Å². The highest BCUT2D eigenvalue weighted by atomic mass is 16.5. The van der Waals surface area contributed by atoms with Gasteiger partial charge in [0.15, 0.2) is 0 Å². The number of nitrogens with zero attached hydrogens (tertiary/aromatic N) is 1. The average Bonchev–Trinajstić information content (AvgIpc) is 3.21. The molecule has 0 amide bonds. The quantitative estimate of drug-likeness (QED) is 0.789. The van der Waals surface area contributed by atoms with Crippen LogP contribution in [-0.2, 0) is 9.47 Å². The van der Waals surface area contributed by atoms with E-state index in [4.69, 9.17) is 20.5 Å². The Morgan fingerprint density at radius 2 is 2.00 bits per heavy atom. The predicted molar refractivity (Wildman–Crippen MR) is 64.3 cm³/mol. The molecule has 2 N–H and O–H groups in total. The number of hydrogen-bond acceptors (Lipinski definition) is 4. The van der Waals surface area contributed by atoms with Crippen molar-refractivity contribution in [3.63, 3.8) is 0 Å². The van der Waals surface area contributed by atoms with E-state index in [-0.39, 0.29) is 6.10 Å². The fourth-order valence-electron chi connectivity index (χ4n) is 2.56. The highest BCUT2D eigenvalue weighted by Gasteiger charge is 2.43. The number of rotatable bonds is 5. The van der Waals surface area contributed by atoms with E-state index >= 15 is 0 Å². The smallest absolute Gasteiger partial charge is 0.130 e. The van der Waals surface area contributed by atoms with Crippen LogP contribution >= 0.6 is 0 Å². The van der Waals surface area contributed by atoms with Crippen LogP contribution in [0, 0.1) is 17.2 Å². The topological polar surface area (TPSA) is 68.3 Å². The molecule has 0 heterocycles. The standard InChI is InChI=1S/C13H22N2O2/c1-16-11-3-2-4-12(7-11)17-9-13(15,8-14)10-5-6-10/h10-12H,2-7,9,15H2,1H3. The largest absolute Gasteiger partial charge is 0.381 e. The highest BCUT2D eigenvalue weighted by molar-refractivity contribution is 5.13. The molecule has 17 heavy (non-hydrogen) atoms. The molecule has 3 atom stereocenters. The Morgan fingerprint density at radius 1 is 1.29 bits per heavy atom. The first-order valence-corrected chi connectivity index (χ1v) is 6.52. The molecule has 0 spiro atoms. The number of ether oxygens (including phenoxy) is 2. The molecule has 4 nitrogen and oxygen atoms in total. The fraction of sp³-hybridized carbons (Fsp3) is 0.923. The normalized spacial score (nSPS) is 32.8. The van der Waals surface area contributed by atoms with Crippen LogP contribution in [0.2, 0.25) is 0 Å². The van der Waals surface area contributed by atoms with Crippen molar-refractivity contribution in [1.29, 1.82) is 5.26 Å². The lowest BCUT2D eigenvalue weighted by atomic mass is 9.94. The minimum Gasteiger partial charge on any atom is -0.381 e. The molecule has 2 fully saturated rings. The maximum atomic E-state index is 9.14. The second kappa shape index (κ2) is 5.34. The third-order valence-corrected chi connectivity index (χ3v) is 3.98. The van der Waals surface area contributed by atoms with Crippen molar-refractivity contribution in [3.05, 3.63) is 0 Å². The lowest BCUT2D eigenvalue weighted by Gasteiger charge is -2.30. The molecule has 0 bridgehead atoms. The lowest BCUT2D eigenvalue weighted by molar-refractivity contribution is -0.0405. The van der Waals surface area contributed by atoms with Gasteiger partial charge < -0.3 is 15.2 Å². The van der Waals surface area contributed by atoms with E-state index in [0.29, 0.717) is 18.6 Å². The average molecular weight is 238 g/mol. The van der Waals surface area contributed by atoms with Crippen molar-refractivity contribution >= 4 is 0 Å². The van der Waals surface area contributed by atoms with Gasteiger partial charge in [0, 0.05) is 7.11 Å². The molecule has 0 aromatic heterocycles. The van der Waals surface area contributed by atoms with Gasteiger partial charge >= 0.3 is 0 Å². The maximum Gasteiger partial charge on any atom is 0.130 e. The molecule has 2 saturated carbocycles. The van der Waals surface area contributed by atoms with Crippen molar-refractivity contribution in [2.45, 2.75) is 56.3 Å². The van der Waals surface area contributed by atoms with Crippen LogP contribution in [0.5, 0.6) is 0 Å². The number of methoxy groups -OCH3 is 1. The van der Waals surface area contributed by atoms with Crippen LogP contribution in [0.1, 0.15) is 38.5 Å². The first-order chi connectivity index (χ1) is 8.18. The van der Waals surface area contributed by atoms with E-state index in [1.807, 2.05) is 0 Å². The third kappa shape index (κ3) is 3.19. The zero-order valence-corrected chi connectivity index (χ0v) is 10.5. The second-order valence-electron chi connectivity index (χ2n) is 5.38. The monoisotopic (exact) mass is 238 g/mol. The Morgan fingerprint density at radius 3 is 2.59 bits per heavy atom. The van der Waals surface area contributed by atoms with Crippen molar-refractivity contribution in [3.8, 4) is 6.07 Å². The van der Waals surface area contributed by atoms with Crippen molar-refractivity contribution in [2.75, 3.05) is 13.7 Å². The molecular weight excluding hydrogens is 216 g/mol. The summed E-state index contributed by atoms with van der Waals surface area (Å²) in [5, 5.41) is 9.14. The van der Waals surface area contributed by atoms with Gasteiger partial charge in [-0.2, -0.15) is 5.26 Å². The second-order valence-corrected chi connectivity index (χ2v) is 5.38. The molecule has 0 aliphatic heterocycles. The van der Waals surface area contributed by atoms with Gasteiger partial charge in [0.25, 0.3) is 0 Å². The van der Waals surface area contributed by atoms with E-state index < -0.39 is 5.54 Å². The summed E-state index contributed by atoms with van der Waals surface area (Å²) in [6, 6.07) is 2.23. The Bertz CT molecular complexity index is 298. The van der Waals surface area contributed by atoms with Gasteiger partial charge in [-0.25, -0.2) is 0 Å². The highest BCUT2D eigenvalue weighted by Crippen LogP contribution is 2.38. The van der Waals surface area contributed by atoms with Crippen LogP contribution < -0.4 is 5.73 Å². The fourth-order valence-corrected chi connectivity index (χ4v) is 2.56. The van der Waals surface area contributed by atoms with Gasteiger partial charge in [0.05, 0.1) is 24.9 Å². The van der Waals surface area contributed by atoms with E-state index in [0.717, 1.165) is 38.5 Å². The van der Waals surface area contributed by atoms with Gasteiger partial charge in [-0.05, 0) is 44.4 Å². The molecular formula is C13H22N2O2. The maximum absolute atomic E-state index is 9.14. The molecule has 3 unspecified atom stereocenters. The SMILES string of the molecule is COC1CCCC(OCC(N)(C#N)C2CC2)C1. The van der Waals surface area contributed by atoms with Gasteiger partial charge in [-0.1, -0.05) is 0 Å². The van der Waals surface area contributed by atoms with Crippen molar-refractivity contribution < 1.29 is 9.47 Å². The Kier molecular flexibility index (Phi) is 4.03. The molecule has 0 aromatic carbocycles. The van der Waals surface area contributed by atoms with E-state index in [9.17, 15) is 0 Å². The summed E-state index contributed by atoms with van der Waals surface area (Å²) < 4.78 is 11.2. The Balaban J connectivity index is 1.79. The molecule has 0 aromatic rings. The molecule has 2 rings (SSSR count). The lowest BCUT2D eigenvalue weighted by Crippen LogP contribution is -2.46. The summed E-state index contributed by atoms with van der Waals surface area (Å²) in [6.45, 7) is 0.370. The summed E-state index contributed by atoms with van der Waals surface area (Å²) in [7, 11) is 1.75. The zero-order valence-electron chi connectivity index (χ0n) is 10.5. The minimum atomic E-state index is -0.764. The van der Waals surface area contributed by atoms with Crippen LogP contribution in [0.15, 0.2) is 0 Å². The number of nitriles is 1. The molecule has 96 valence electrons. The first-order valence-electron chi connectivity index (χ1n) is 6.52. The first kappa shape index (κ1) is 12.8. The summed E-state index contributed by atoms with van der Waals surface area (Å²) in [5.74, 6) is 0.342. The van der Waals surface area contributed by atoms with Crippen LogP contribution in [0.25, 0.3) is 0 Å². The van der Waals surface area contributed by atoms with Crippen molar-refractivity contribution in [1.82, 2.24) is 0 Å². The van der Waals surface area contributed by atoms with E-state index in [2.05, 4.69) is 6.07 Å². The summed E-state index contributed by atoms with van der Waals surface area (Å²) in [6.07, 6.45) is 6.90. The summed E-state index contributed by atoms with van der Waals surface area (Å²) in [4.78, 5) is 0. The summed E-state index contributed by atoms with van der Waals surface area (Å²) >= 11 is 0. The van der Waals surface area contributed by atoms with E-state index in [1.54, 1.807) is 7.11 Å². The molecule has 4 heteroatoms. The Labute approximate surface area is 103 Å². The number of nitrogens with two attached hydrogens (primary N) is 1. The van der Waals surface area contributed by atoms with Gasteiger partial charge in [0.2, 0.25) is 0 Å². The van der Waals surface area contributed by atoms with Crippen LogP contribution in [0.3, 0.4) is 0 Å². The molecule has 0 saturated heterocycles. The molecule has 2 aliphatic rings. The van der Waals surface area contributed by atoms with Gasteiger partial charge in [0.1, 0.15) is 5.54 Å². The molecule has 2 aliphatic carbocycles. The number of hydrogen-bond donors (Lipinski definition) is 1. The van der Waals surface area contributed by atoms with Crippen LogP contribution in [-0.4, -0.2) is 31.5 Å². The molecule has 0 radical (unpaired) electrons. The summed E-state index contributed by atoms with van der Waals surface area (Å²) in [5.41, 5.74) is 5.31. The van der Waals surface area contributed by atoms with E-state index in [1.165, 1.54) is 0 Å². The zero-order chi connectivity index (χ0) is 12.3.